The van der Waals surface area contributed by atoms with Gasteiger partial charge in [0.2, 0.25) is 5.91 Å². The van der Waals surface area contributed by atoms with Gasteiger partial charge in [0.1, 0.15) is 0 Å². The summed E-state index contributed by atoms with van der Waals surface area (Å²) in [6.07, 6.45) is 4.60. The number of carbonyl (C=O) groups excluding carboxylic acids is 1. The minimum absolute atomic E-state index is 0.0626. The number of carbonyl (C=O) groups is 1. The van der Waals surface area contributed by atoms with Crippen molar-refractivity contribution in [3.63, 3.8) is 0 Å². The third-order valence-electron chi connectivity index (χ3n) is 3.23. The van der Waals surface area contributed by atoms with E-state index in [1.165, 1.54) is 0 Å². The van der Waals surface area contributed by atoms with Gasteiger partial charge in [-0.05, 0) is 31.9 Å². The van der Waals surface area contributed by atoms with Crippen molar-refractivity contribution < 1.29 is 9.90 Å². The molecule has 0 heterocycles. The number of thioether (sulfide) groups is 1. The molecule has 0 radical (unpaired) electrons. The van der Waals surface area contributed by atoms with E-state index in [0.29, 0.717) is 6.54 Å². The molecule has 0 aromatic rings. The van der Waals surface area contributed by atoms with E-state index in [-0.39, 0.29) is 11.2 Å². The lowest BCUT2D eigenvalue weighted by Gasteiger charge is -2.45. The van der Waals surface area contributed by atoms with Gasteiger partial charge in [-0.2, -0.15) is 11.8 Å². The van der Waals surface area contributed by atoms with E-state index in [1.807, 2.05) is 19.9 Å². The van der Waals surface area contributed by atoms with Crippen molar-refractivity contribution in [3.8, 4) is 0 Å². The molecule has 17 heavy (non-hydrogen) atoms. The molecular formula is C13H23NO2S. The van der Waals surface area contributed by atoms with Crippen LogP contribution in [0.1, 0.15) is 40.0 Å². The van der Waals surface area contributed by atoms with E-state index < -0.39 is 5.60 Å². The Kier molecular flexibility index (Phi) is 5.53. The molecule has 0 spiro atoms. The van der Waals surface area contributed by atoms with Gasteiger partial charge in [-0.25, -0.2) is 0 Å². The van der Waals surface area contributed by atoms with Crippen LogP contribution in [-0.4, -0.2) is 34.2 Å². The fourth-order valence-electron chi connectivity index (χ4n) is 2.01. The van der Waals surface area contributed by atoms with Crippen molar-refractivity contribution in [2.45, 2.75) is 50.9 Å². The minimum atomic E-state index is -0.692. The first kappa shape index (κ1) is 14.6. The SMILES string of the molecule is CCC=C(C)C(=O)NCC1(O)CCC1SCC. The molecule has 98 valence electrons. The zero-order valence-electron chi connectivity index (χ0n) is 11.0. The first-order valence-electron chi connectivity index (χ1n) is 6.32. The lowest BCUT2D eigenvalue weighted by Crippen LogP contribution is -2.57. The van der Waals surface area contributed by atoms with Gasteiger partial charge in [-0.3, -0.25) is 4.79 Å². The number of rotatable bonds is 6. The van der Waals surface area contributed by atoms with Gasteiger partial charge in [-0.15, -0.1) is 0 Å². The quantitative estimate of drug-likeness (QED) is 0.717. The Hall–Kier alpha value is -0.480. The van der Waals surface area contributed by atoms with E-state index in [0.717, 1.165) is 30.6 Å². The minimum Gasteiger partial charge on any atom is -0.387 e. The maximum absolute atomic E-state index is 11.7. The Morgan fingerprint density at radius 1 is 1.59 bits per heavy atom. The van der Waals surface area contributed by atoms with E-state index in [2.05, 4.69) is 12.2 Å². The Morgan fingerprint density at radius 3 is 2.76 bits per heavy atom. The van der Waals surface area contributed by atoms with Gasteiger partial charge >= 0.3 is 0 Å². The highest BCUT2D eigenvalue weighted by Crippen LogP contribution is 2.40. The summed E-state index contributed by atoms with van der Waals surface area (Å²) in [6, 6.07) is 0. The topological polar surface area (TPSA) is 49.3 Å². The van der Waals surface area contributed by atoms with Crippen LogP contribution < -0.4 is 5.32 Å². The predicted molar refractivity (Wildman–Crippen MR) is 73.2 cm³/mol. The second-order valence-corrected chi connectivity index (χ2v) is 6.04. The first-order valence-corrected chi connectivity index (χ1v) is 7.37. The molecule has 1 fully saturated rings. The van der Waals surface area contributed by atoms with E-state index >= 15 is 0 Å². The molecule has 0 aliphatic heterocycles. The Labute approximate surface area is 108 Å². The van der Waals surface area contributed by atoms with Crippen molar-refractivity contribution in [2.24, 2.45) is 0 Å². The summed E-state index contributed by atoms with van der Waals surface area (Å²) < 4.78 is 0. The van der Waals surface area contributed by atoms with E-state index in [4.69, 9.17) is 0 Å². The van der Waals surface area contributed by atoms with Crippen molar-refractivity contribution in [3.05, 3.63) is 11.6 Å². The van der Waals surface area contributed by atoms with Gasteiger partial charge in [0, 0.05) is 17.4 Å². The number of nitrogens with one attached hydrogen (secondary N) is 1. The van der Waals surface area contributed by atoms with Crippen LogP contribution in [0.4, 0.5) is 0 Å². The number of hydrogen-bond donors (Lipinski definition) is 2. The predicted octanol–water partition coefficient (Wildman–Crippen LogP) is 2.11. The summed E-state index contributed by atoms with van der Waals surface area (Å²) in [5, 5.41) is 13.4. The molecular weight excluding hydrogens is 234 g/mol. The van der Waals surface area contributed by atoms with Crippen LogP contribution in [0.2, 0.25) is 0 Å². The largest absolute Gasteiger partial charge is 0.387 e. The molecule has 4 heteroatoms. The molecule has 0 bridgehead atoms. The Balaban J connectivity index is 2.40. The molecule has 3 nitrogen and oxygen atoms in total. The third kappa shape index (κ3) is 3.75. The Bertz CT molecular complexity index is 304. The van der Waals surface area contributed by atoms with Crippen LogP contribution >= 0.6 is 11.8 Å². The summed E-state index contributed by atoms with van der Waals surface area (Å²) in [7, 11) is 0. The van der Waals surface area contributed by atoms with Gasteiger partial charge in [-0.1, -0.05) is 19.9 Å². The summed E-state index contributed by atoms with van der Waals surface area (Å²) >= 11 is 1.78. The second-order valence-electron chi connectivity index (χ2n) is 4.56. The zero-order valence-corrected chi connectivity index (χ0v) is 11.8. The highest BCUT2D eigenvalue weighted by Gasteiger charge is 2.45. The fourth-order valence-corrected chi connectivity index (χ4v) is 3.21. The van der Waals surface area contributed by atoms with Crippen molar-refractivity contribution in [1.82, 2.24) is 5.32 Å². The number of aliphatic hydroxyl groups is 1. The van der Waals surface area contributed by atoms with Crippen LogP contribution in [0, 0.1) is 0 Å². The van der Waals surface area contributed by atoms with Crippen LogP contribution in [0.3, 0.4) is 0 Å². The maximum atomic E-state index is 11.7. The number of amides is 1. The van der Waals surface area contributed by atoms with Crippen molar-refractivity contribution in [1.29, 1.82) is 0 Å². The summed E-state index contributed by atoms with van der Waals surface area (Å²) in [4.78, 5) is 11.7. The molecule has 1 rings (SSSR count). The monoisotopic (exact) mass is 257 g/mol. The van der Waals surface area contributed by atoms with Crippen LogP contribution in [0.25, 0.3) is 0 Å². The first-order chi connectivity index (χ1) is 8.03. The molecule has 0 saturated heterocycles. The average molecular weight is 257 g/mol. The van der Waals surface area contributed by atoms with Gasteiger partial charge in [0.15, 0.2) is 0 Å². The molecule has 1 aliphatic carbocycles. The molecule has 2 N–H and O–H groups in total. The molecule has 1 saturated carbocycles. The Morgan fingerprint density at radius 2 is 2.29 bits per heavy atom. The van der Waals surface area contributed by atoms with Crippen LogP contribution in [0.15, 0.2) is 11.6 Å². The normalized spacial score (nSPS) is 28.7. The lowest BCUT2D eigenvalue weighted by atomic mass is 9.79. The van der Waals surface area contributed by atoms with Gasteiger partial charge in [0.05, 0.1) is 5.60 Å². The molecule has 0 aromatic carbocycles. The molecule has 1 aliphatic rings. The van der Waals surface area contributed by atoms with Crippen molar-refractivity contribution >= 4 is 17.7 Å². The van der Waals surface area contributed by atoms with Gasteiger partial charge < -0.3 is 10.4 Å². The zero-order chi connectivity index (χ0) is 12.9. The van der Waals surface area contributed by atoms with Gasteiger partial charge in [0.25, 0.3) is 0 Å². The summed E-state index contributed by atoms with van der Waals surface area (Å²) in [6.45, 7) is 6.28. The van der Waals surface area contributed by atoms with Crippen LogP contribution in [0.5, 0.6) is 0 Å². The molecule has 2 atom stereocenters. The highest BCUT2D eigenvalue weighted by atomic mass is 32.2. The van der Waals surface area contributed by atoms with E-state index in [9.17, 15) is 9.90 Å². The third-order valence-corrected chi connectivity index (χ3v) is 4.64. The number of hydrogen-bond acceptors (Lipinski definition) is 3. The smallest absolute Gasteiger partial charge is 0.246 e. The van der Waals surface area contributed by atoms with E-state index in [1.54, 1.807) is 11.8 Å². The molecule has 2 unspecified atom stereocenters. The summed E-state index contributed by atoms with van der Waals surface area (Å²) in [5.41, 5.74) is 0.0400. The number of allylic oxidation sites excluding steroid dienone is 1. The maximum Gasteiger partial charge on any atom is 0.246 e. The fraction of sp³-hybridized carbons (Fsp3) is 0.769. The second kappa shape index (κ2) is 6.45. The summed E-state index contributed by atoms with van der Waals surface area (Å²) in [5.74, 6) is 0.947. The molecule has 0 aromatic heterocycles. The van der Waals surface area contributed by atoms with Crippen LogP contribution in [-0.2, 0) is 4.79 Å². The molecule has 1 amide bonds. The lowest BCUT2D eigenvalue weighted by molar-refractivity contribution is -0.119. The van der Waals surface area contributed by atoms with Crippen molar-refractivity contribution in [2.75, 3.05) is 12.3 Å². The highest BCUT2D eigenvalue weighted by molar-refractivity contribution is 8.00. The average Bonchev–Trinajstić information content (AvgIpc) is 2.31. The standard InChI is InChI=1S/C13H23NO2S/c1-4-6-10(3)12(15)14-9-13(16)8-7-11(13)17-5-2/h6,11,16H,4-5,7-9H2,1-3H3,(H,14,15).